The molecule has 0 radical (unpaired) electrons. The van der Waals surface area contributed by atoms with Gasteiger partial charge in [0.15, 0.2) is 11.2 Å². The van der Waals surface area contributed by atoms with Crippen LogP contribution in [0.2, 0.25) is 0 Å². The van der Waals surface area contributed by atoms with Crippen molar-refractivity contribution in [3.05, 3.63) is 34.3 Å². The molecule has 1 atom stereocenters. The van der Waals surface area contributed by atoms with E-state index >= 15 is 0 Å². The number of benzene rings is 1. The molecule has 1 unspecified atom stereocenters. The van der Waals surface area contributed by atoms with Crippen LogP contribution >= 0.6 is 27.5 Å². The second kappa shape index (κ2) is 6.01. The molecule has 0 aliphatic heterocycles. The normalized spacial score (nSPS) is 11.9. The molecule has 0 bridgehead atoms. The Kier molecular flexibility index (Phi) is 4.96. The summed E-state index contributed by atoms with van der Waals surface area (Å²) in [6.45, 7) is 1.86. The van der Waals surface area contributed by atoms with Crippen LogP contribution in [-0.4, -0.2) is 23.7 Å². The summed E-state index contributed by atoms with van der Waals surface area (Å²) in [7, 11) is 0. The SMILES string of the molecule is CCOC(=O)C(Cl)C(=O)c1ccc(Br)cc1. The lowest BCUT2D eigenvalue weighted by Gasteiger charge is -2.07. The molecule has 0 aliphatic rings. The molecule has 86 valence electrons. The Morgan fingerprint density at radius 2 is 1.94 bits per heavy atom. The van der Waals surface area contributed by atoms with Crippen LogP contribution in [0, 0.1) is 0 Å². The third-order valence-corrected chi connectivity index (χ3v) is 2.76. The number of hydrogen-bond acceptors (Lipinski definition) is 3. The number of esters is 1. The molecular formula is C11H10BrClO3. The van der Waals surface area contributed by atoms with E-state index in [1.807, 2.05) is 0 Å². The Morgan fingerprint density at radius 3 is 2.44 bits per heavy atom. The van der Waals surface area contributed by atoms with E-state index in [4.69, 9.17) is 11.6 Å². The van der Waals surface area contributed by atoms with Gasteiger partial charge in [0, 0.05) is 10.0 Å². The molecule has 0 spiro atoms. The molecule has 16 heavy (non-hydrogen) atoms. The van der Waals surface area contributed by atoms with E-state index in [0.29, 0.717) is 5.56 Å². The first kappa shape index (κ1) is 13.2. The maximum Gasteiger partial charge on any atom is 0.332 e. The van der Waals surface area contributed by atoms with E-state index in [1.165, 1.54) is 0 Å². The molecule has 0 amide bonds. The number of alkyl halides is 1. The third-order valence-electron chi connectivity index (χ3n) is 1.85. The molecular weight excluding hydrogens is 295 g/mol. The highest BCUT2D eigenvalue weighted by Gasteiger charge is 2.26. The molecule has 0 saturated carbocycles. The van der Waals surface area contributed by atoms with Gasteiger partial charge in [-0.05, 0) is 19.1 Å². The molecule has 1 aromatic carbocycles. The Balaban J connectivity index is 2.78. The van der Waals surface area contributed by atoms with Gasteiger partial charge >= 0.3 is 5.97 Å². The average Bonchev–Trinajstić information content (AvgIpc) is 2.28. The van der Waals surface area contributed by atoms with Crippen LogP contribution in [0.3, 0.4) is 0 Å². The van der Waals surface area contributed by atoms with Crippen molar-refractivity contribution < 1.29 is 14.3 Å². The van der Waals surface area contributed by atoms with E-state index in [0.717, 1.165) is 4.47 Å². The smallest absolute Gasteiger partial charge is 0.332 e. The fourth-order valence-corrected chi connectivity index (χ4v) is 1.54. The predicted octanol–water partition coefficient (Wildman–Crippen LogP) is 2.80. The number of carbonyl (C=O) groups excluding carboxylic acids is 2. The lowest BCUT2D eigenvalue weighted by molar-refractivity contribution is -0.141. The van der Waals surface area contributed by atoms with Crippen LogP contribution in [-0.2, 0) is 9.53 Å². The summed E-state index contributed by atoms with van der Waals surface area (Å²) in [5, 5.41) is -1.28. The Labute approximate surface area is 107 Å². The van der Waals surface area contributed by atoms with Crippen LogP contribution in [0.4, 0.5) is 0 Å². The second-order valence-electron chi connectivity index (χ2n) is 2.99. The minimum Gasteiger partial charge on any atom is -0.465 e. The first-order valence-corrected chi connectivity index (χ1v) is 5.89. The summed E-state index contributed by atoms with van der Waals surface area (Å²) in [5.74, 6) is -1.16. The molecule has 1 aromatic rings. The van der Waals surface area contributed by atoms with Crippen molar-refractivity contribution >= 4 is 39.3 Å². The van der Waals surface area contributed by atoms with Crippen LogP contribution in [0.5, 0.6) is 0 Å². The number of Topliss-reactive ketones (excluding diaryl/α,β-unsaturated/α-hetero) is 1. The summed E-state index contributed by atoms with van der Waals surface area (Å²) in [6.07, 6.45) is 0. The summed E-state index contributed by atoms with van der Waals surface area (Å²) >= 11 is 8.95. The van der Waals surface area contributed by atoms with E-state index < -0.39 is 17.1 Å². The van der Waals surface area contributed by atoms with Gasteiger partial charge in [-0.3, -0.25) is 4.79 Å². The van der Waals surface area contributed by atoms with Crippen LogP contribution in [0.1, 0.15) is 17.3 Å². The molecule has 1 rings (SSSR count). The maximum absolute atomic E-state index is 11.7. The zero-order valence-electron chi connectivity index (χ0n) is 8.57. The predicted molar refractivity (Wildman–Crippen MR) is 64.7 cm³/mol. The first-order valence-electron chi connectivity index (χ1n) is 4.66. The van der Waals surface area contributed by atoms with Crippen molar-refractivity contribution in [2.45, 2.75) is 12.3 Å². The van der Waals surface area contributed by atoms with Crippen molar-refractivity contribution in [3.8, 4) is 0 Å². The number of rotatable bonds is 4. The van der Waals surface area contributed by atoms with Gasteiger partial charge in [-0.25, -0.2) is 4.79 Å². The molecule has 0 N–H and O–H groups in total. The molecule has 3 nitrogen and oxygen atoms in total. The fraction of sp³-hybridized carbons (Fsp3) is 0.273. The van der Waals surface area contributed by atoms with Gasteiger partial charge in [0.1, 0.15) is 0 Å². The topological polar surface area (TPSA) is 43.4 Å². The highest BCUT2D eigenvalue weighted by Crippen LogP contribution is 2.14. The lowest BCUT2D eigenvalue weighted by atomic mass is 10.1. The Morgan fingerprint density at radius 1 is 1.38 bits per heavy atom. The molecule has 0 fully saturated rings. The minimum absolute atomic E-state index is 0.204. The van der Waals surface area contributed by atoms with Crippen molar-refractivity contribution in [3.63, 3.8) is 0 Å². The molecule has 0 saturated heterocycles. The van der Waals surface area contributed by atoms with E-state index in [1.54, 1.807) is 31.2 Å². The standard InChI is InChI=1S/C11H10BrClO3/c1-2-16-11(15)9(13)10(14)7-3-5-8(12)6-4-7/h3-6,9H,2H2,1H3. The van der Waals surface area contributed by atoms with Gasteiger partial charge in [-0.1, -0.05) is 28.1 Å². The average molecular weight is 306 g/mol. The van der Waals surface area contributed by atoms with Gasteiger partial charge in [0.2, 0.25) is 0 Å². The number of hydrogen-bond donors (Lipinski definition) is 0. The summed E-state index contributed by atoms with van der Waals surface area (Å²) in [6, 6.07) is 6.62. The summed E-state index contributed by atoms with van der Waals surface area (Å²) in [4.78, 5) is 23.0. The monoisotopic (exact) mass is 304 g/mol. The highest BCUT2D eigenvalue weighted by molar-refractivity contribution is 9.10. The number of carbonyl (C=O) groups is 2. The largest absolute Gasteiger partial charge is 0.465 e. The number of halogens is 2. The van der Waals surface area contributed by atoms with Crippen LogP contribution in [0.25, 0.3) is 0 Å². The van der Waals surface area contributed by atoms with Crippen LogP contribution in [0.15, 0.2) is 28.7 Å². The maximum atomic E-state index is 11.7. The van der Waals surface area contributed by atoms with Crippen molar-refractivity contribution in [2.24, 2.45) is 0 Å². The zero-order valence-corrected chi connectivity index (χ0v) is 10.9. The first-order chi connectivity index (χ1) is 7.56. The molecule has 0 aliphatic carbocycles. The molecule has 0 aromatic heterocycles. The van der Waals surface area contributed by atoms with Gasteiger partial charge in [-0.15, -0.1) is 11.6 Å². The number of ketones is 1. The summed E-state index contributed by atoms with van der Waals surface area (Å²) in [5.41, 5.74) is 0.385. The molecule has 5 heteroatoms. The van der Waals surface area contributed by atoms with E-state index in [9.17, 15) is 9.59 Å². The van der Waals surface area contributed by atoms with Gasteiger partial charge in [-0.2, -0.15) is 0 Å². The van der Waals surface area contributed by atoms with Gasteiger partial charge in [0.05, 0.1) is 6.61 Å². The Bertz CT molecular complexity index is 389. The second-order valence-corrected chi connectivity index (χ2v) is 4.34. The van der Waals surface area contributed by atoms with Gasteiger partial charge < -0.3 is 4.74 Å². The third kappa shape index (κ3) is 3.32. The van der Waals surface area contributed by atoms with E-state index in [2.05, 4.69) is 20.7 Å². The Hall–Kier alpha value is -0.870. The van der Waals surface area contributed by atoms with Crippen molar-refractivity contribution in [1.82, 2.24) is 0 Å². The fourth-order valence-electron chi connectivity index (χ4n) is 1.08. The van der Waals surface area contributed by atoms with Crippen molar-refractivity contribution in [2.75, 3.05) is 6.61 Å². The van der Waals surface area contributed by atoms with Crippen molar-refractivity contribution in [1.29, 1.82) is 0 Å². The highest BCUT2D eigenvalue weighted by atomic mass is 79.9. The molecule has 0 heterocycles. The quantitative estimate of drug-likeness (QED) is 0.372. The van der Waals surface area contributed by atoms with E-state index in [-0.39, 0.29) is 6.61 Å². The minimum atomic E-state index is -1.28. The zero-order chi connectivity index (χ0) is 12.1. The lowest BCUT2D eigenvalue weighted by Crippen LogP contribution is -2.26. The van der Waals surface area contributed by atoms with Gasteiger partial charge in [0.25, 0.3) is 0 Å². The van der Waals surface area contributed by atoms with Crippen LogP contribution < -0.4 is 0 Å². The number of ether oxygens (including phenoxy) is 1. The summed E-state index contributed by atoms with van der Waals surface area (Å²) < 4.78 is 5.52.